The van der Waals surface area contributed by atoms with Crippen molar-refractivity contribution in [1.29, 1.82) is 0 Å². The number of aryl methyl sites for hydroxylation is 2. The van der Waals surface area contributed by atoms with Gasteiger partial charge in [0.1, 0.15) is 11.6 Å². The Morgan fingerprint density at radius 1 is 1.00 bits per heavy atom. The number of nitrogens with one attached hydrogen (secondary N) is 1. The molecule has 0 spiro atoms. The third-order valence-electron chi connectivity index (χ3n) is 6.41. The van der Waals surface area contributed by atoms with Gasteiger partial charge in [0.15, 0.2) is 0 Å². The lowest BCUT2D eigenvalue weighted by Gasteiger charge is -2.32. The summed E-state index contributed by atoms with van der Waals surface area (Å²) in [5, 5.41) is 3.01. The van der Waals surface area contributed by atoms with Crippen molar-refractivity contribution >= 4 is 11.8 Å². The Balaban J connectivity index is 1.37. The first kappa shape index (κ1) is 24.5. The van der Waals surface area contributed by atoms with Crippen molar-refractivity contribution < 1.29 is 18.4 Å². The van der Waals surface area contributed by atoms with E-state index in [2.05, 4.69) is 22.4 Å². The Labute approximate surface area is 204 Å². The van der Waals surface area contributed by atoms with E-state index in [1.54, 1.807) is 4.90 Å². The topological polar surface area (TPSA) is 62.3 Å². The second-order valence-corrected chi connectivity index (χ2v) is 8.92. The number of carbonyl (C=O) groups excluding carboxylic acids is 2. The Kier molecular flexibility index (Phi) is 7.85. The molecule has 1 aliphatic rings. The first-order valence-corrected chi connectivity index (χ1v) is 12.0. The Morgan fingerprint density at radius 3 is 2.43 bits per heavy atom. The number of piperidine rings is 1. The third kappa shape index (κ3) is 6.10. The van der Waals surface area contributed by atoms with Gasteiger partial charge in [-0.2, -0.15) is 0 Å². The summed E-state index contributed by atoms with van der Waals surface area (Å²) in [5.41, 5.74) is 3.23. The van der Waals surface area contributed by atoms with Crippen molar-refractivity contribution in [1.82, 2.24) is 15.2 Å². The summed E-state index contributed by atoms with van der Waals surface area (Å²) in [6.45, 7) is 3.28. The van der Waals surface area contributed by atoms with Crippen LogP contribution >= 0.6 is 0 Å². The van der Waals surface area contributed by atoms with Crippen LogP contribution in [0.2, 0.25) is 0 Å². The van der Waals surface area contributed by atoms with Gasteiger partial charge >= 0.3 is 0 Å². The molecule has 1 saturated heterocycles. The molecule has 7 heteroatoms. The van der Waals surface area contributed by atoms with Crippen molar-refractivity contribution in [3.63, 3.8) is 0 Å². The number of pyridine rings is 1. The highest BCUT2D eigenvalue weighted by Crippen LogP contribution is 2.30. The minimum absolute atomic E-state index is 0.0158. The predicted molar refractivity (Wildman–Crippen MR) is 130 cm³/mol. The van der Waals surface area contributed by atoms with Crippen LogP contribution in [0.25, 0.3) is 0 Å². The molecule has 1 aliphatic heterocycles. The van der Waals surface area contributed by atoms with Crippen molar-refractivity contribution in [3.05, 3.63) is 100 Å². The van der Waals surface area contributed by atoms with E-state index in [0.29, 0.717) is 38.0 Å². The molecule has 0 atom stereocenters. The Bertz CT molecular complexity index is 1190. The molecule has 2 heterocycles. The lowest BCUT2D eigenvalue weighted by atomic mass is 9.89. The van der Waals surface area contributed by atoms with Crippen LogP contribution in [-0.4, -0.2) is 41.3 Å². The van der Waals surface area contributed by atoms with Crippen LogP contribution in [0.4, 0.5) is 8.78 Å². The number of benzene rings is 2. The quantitative estimate of drug-likeness (QED) is 0.485. The predicted octanol–water partition coefficient (Wildman–Crippen LogP) is 5.05. The second-order valence-electron chi connectivity index (χ2n) is 8.92. The van der Waals surface area contributed by atoms with E-state index in [4.69, 9.17) is 0 Å². The van der Waals surface area contributed by atoms with Gasteiger partial charge in [-0.25, -0.2) is 8.78 Å². The van der Waals surface area contributed by atoms with Gasteiger partial charge in [0, 0.05) is 37.3 Å². The van der Waals surface area contributed by atoms with E-state index in [1.165, 1.54) is 11.6 Å². The molecule has 2 amide bonds. The number of aromatic nitrogens is 1. The number of halogens is 2. The summed E-state index contributed by atoms with van der Waals surface area (Å²) in [6, 6.07) is 16.8. The number of hydrogen-bond acceptors (Lipinski definition) is 3. The van der Waals surface area contributed by atoms with Crippen LogP contribution in [0.1, 0.15) is 62.8 Å². The van der Waals surface area contributed by atoms with Gasteiger partial charge in [-0.15, -0.1) is 0 Å². The van der Waals surface area contributed by atoms with Crippen LogP contribution in [0, 0.1) is 18.6 Å². The number of rotatable bonds is 7. The summed E-state index contributed by atoms with van der Waals surface area (Å²) in [7, 11) is 0. The largest absolute Gasteiger partial charge is 0.352 e. The highest BCUT2D eigenvalue weighted by atomic mass is 19.1. The van der Waals surface area contributed by atoms with Gasteiger partial charge in [0.2, 0.25) is 0 Å². The van der Waals surface area contributed by atoms with E-state index in [0.717, 1.165) is 36.4 Å². The molecule has 1 N–H and O–H groups in total. The molecule has 3 aromatic rings. The highest BCUT2D eigenvalue weighted by Gasteiger charge is 2.29. The number of carbonyl (C=O) groups is 2. The molecule has 2 aromatic carbocycles. The molecule has 1 fully saturated rings. The molecule has 4 rings (SSSR count). The van der Waals surface area contributed by atoms with Crippen LogP contribution in [0.5, 0.6) is 0 Å². The van der Waals surface area contributed by atoms with Crippen molar-refractivity contribution in [2.75, 3.05) is 19.6 Å². The van der Waals surface area contributed by atoms with Gasteiger partial charge in [0.25, 0.3) is 11.8 Å². The lowest BCUT2D eigenvalue weighted by molar-refractivity contribution is 0.0705. The van der Waals surface area contributed by atoms with E-state index in [-0.39, 0.29) is 17.4 Å². The SMILES string of the molecule is Cc1ccc(C(=O)NCCCc2ccccc2)c(C2CCN(C(=O)c3ccc(F)cc3F)CC2)n1. The Hall–Kier alpha value is -3.61. The lowest BCUT2D eigenvalue weighted by Crippen LogP contribution is -2.39. The van der Waals surface area contributed by atoms with Crippen molar-refractivity contribution in [3.8, 4) is 0 Å². The zero-order valence-corrected chi connectivity index (χ0v) is 19.8. The summed E-state index contributed by atoms with van der Waals surface area (Å²) in [5.74, 6) is -2.15. The van der Waals surface area contributed by atoms with E-state index >= 15 is 0 Å². The maximum absolute atomic E-state index is 14.1. The highest BCUT2D eigenvalue weighted by molar-refractivity contribution is 5.96. The van der Waals surface area contributed by atoms with Crippen LogP contribution in [0.3, 0.4) is 0 Å². The number of hydrogen-bond donors (Lipinski definition) is 1. The fourth-order valence-corrected chi connectivity index (χ4v) is 4.50. The third-order valence-corrected chi connectivity index (χ3v) is 6.41. The number of likely N-dealkylation sites (tertiary alicyclic amines) is 1. The molecule has 5 nitrogen and oxygen atoms in total. The average molecular weight is 478 g/mol. The molecule has 0 unspecified atom stereocenters. The second kappa shape index (κ2) is 11.2. The van der Waals surface area contributed by atoms with Crippen molar-refractivity contribution in [2.45, 2.75) is 38.5 Å². The molecule has 0 radical (unpaired) electrons. The summed E-state index contributed by atoms with van der Waals surface area (Å²) in [4.78, 5) is 32.0. The molecule has 0 aliphatic carbocycles. The zero-order valence-electron chi connectivity index (χ0n) is 19.8. The fraction of sp³-hybridized carbons (Fsp3) is 0.321. The molecular formula is C28H29F2N3O2. The monoisotopic (exact) mass is 477 g/mol. The maximum atomic E-state index is 14.1. The van der Waals surface area contributed by atoms with Gasteiger partial charge in [-0.3, -0.25) is 14.6 Å². The van der Waals surface area contributed by atoms with Gasteiger partial charge in [-0.1, -0.05) is 30.3 Å². The Morgan fingerprint density at radius 2 is 1.71 bits per heavy atom. The van der Waals surface area contributed by atoms with Gasteiger partial charge in [0.05, 0.1) is 16.8 Å². The minimum atomic E-state index is -0.858. The van der Waals surface area contributed by atoms with E-state index < -0.39 is 17.5 Å². The standard InChI is InChI=1S/C28H29F2N3O2/c1-19-9-11-24(27(34)31-15-5-8-20-6-3-2-4-7-20)26(32-19)21-13-16-33(17-14-21)28(35)23-12-10-22(29)18-25(23)30/h2-4,6-7,9-12,18,21H,5,8,13-17H2,1H3,(H,31,34). The molecule has 0 bridgehead atoms. The number of amides is 2. The van der Waals surface area contributed by atoms with Crippen molar-refractivity contribution in [2.24, 2.45) is 0 Å². The summed E-state index contributed by atoms with van der Waals surface area (Å²) < 4.78 is 27.3. The van der Waals surface area contributed by atoms with Crippen LogP contribution in [-0.2, 0) is 6.42 Å². The molecular weight excluding hydrogens is 448 g/mol. The fourth-order valence-electron chi connectivity index (χ4n) is 4.50. The molecule has 1 aromatic heterocycles. The normalized spacial score (nSPS) is 14.1. The average Bonchev–Trinajstić information content (AvgIpc) is 2.87. The zero-order chi connectivity index (χ0) is 24.8. The van der Waals surface area contributed by atoms with Gasteiger partial charge < -0.3 is 10.2 Å². The summed E-state index contributed by atoms with van der Waals surface area (Å²) >= 11 is 0. The van der Waals surface area contributed by atoms with E-state index in [1.807, 2.05) is 37.3 Å². The molecule has 0 saturated carbocycles. The maximum Gasteiger partial charge on any atom is 0.256 e. The minimum Gasteiger partial charge on any atom is -0.352 e. The molecule has 182 valence electrons. The first-order valence-electron chi connectivity index (χ1n) is 12.0. The first-order chi connectivity index (χ1) is 16.9. The summed E-state index contributed by atoms with van der Waals surface area (Å²) in [6.07, 6.45) is 2.95. The smallest absolute Gasteiger partial charge is 0.256 e. The van der Waals surface area contributed by atoms with E-state index in [9.17, 15) is 18.4 Å². The van der Waals surface area contributed by atoms with Crippen LogP contribution in [0.15, 0.2) is 60.7 Å². The number of nitrogens with zero attached hydrogens (tertiary/aromatic N) is 2. The molecule has 35 heavy (non-hydrogen) atoms. The van der Waals surface area contributed by atoms with Crippen LogP contribution < -0.4 is 5.32 Å². The van der Waals surface area contributed by atoms with Gasteiger partial charge in [-0.05, 0) is 62.4 Å².